The van der Waals surface area contributed by atoms with Crippen LogP contribution in [0, 0.1) is 0 Å². The summed E-state index contributed by atoms with van der Waals surface area (Å²) in [7, 11) is -4.37. The van der Waals surface area contributed by atoms with Gasteiger partial charge in [-0.05, 0) is 39.2 Å². The van der Waals surface area contributed by atoms with Crippen LogP contribution in [0.1, 0.15) is 27.2 Å². The van der Waals surface area contributed by atoms with Gasteiger partial charge in [0.25, 0.3) is 0 Å². The molecule has 108 valence electrons. The Morgan fingerprint density at radius 3 is 2.32 bits per heavy atom. The van der Waals surface area contributed by atoms with Crippen molar-refractivity contribution in [2.45, 2.75) is 38.8 Å². The first-order valence-corrected chi connectivity index (χ1v) is 8.42. The maximum absolute atomic E-state index is 11.5. The van der Waals surface area contributed by atoms with Gasteiger partial charge in [0.05, 0.1) is 15.9 Å². The molecule has 19 heavy (non-hydrogen) atoms. The molecule has 0 aliphatic carbocycles. The van der Waals surface area contributed by atoms with Crippen molar-refractivity contribution >= 4 is 28.0 Å². The number of nitrogens with one attached hydrogen (secondary N) is 1. The number of amides is 1. The zero-order chi connectivity index (χ0) is 14.4. The van der Waals surface area contributed by atoms with Crippen LogP contribution in [0.5, 0.6) is 0 Å². The van der Waals surface area contributed by atoms with Gasteiger partial charge in [-0.25, -0.2) is 13.2 Å². The van der Waals surface area contributed by atoms with Crippen LogP contribution in [0.25, 0.3) is 0 Å². The molecule has 0 spiro atoms. The Labute approximate surface area is 141 Å². The van der Waals surface area contributed by atoms with Gasteiger partial charge < -0.3 is 14.6 Å². The molecule has 1 N–H and O–H groups in total. The molecule has 0 aliphatic rings. The van der Waals surface area contributed by atoms with Crippen LogP contribution >= 0.6 is 11.8 Å². The second-order valence-corrected chi connectivity index (χ2v) is 7.28. The van der Waals surface area contributed by atoms with Crippen LogP contribution in [0.2, 0.25) is 0 Å². The van der Waals surface area contributed by atoms with E-state index in [1.807, 2.05) is 6.26 Å². The average Bonchev–Trinajstić information content (AvgIpc) is 2.08. The van der Waals surface area contributed by atoms with E-state index in [4.69, 9.17) is 4.74 Å². The number of hydrogen-bond donors (Lipinski definition) is 1. The summed E-state index contributed by atoms with van der Waals surface area (Å²) in [5.41, 5.74) is -0.662. The van der Waals surface area contributed by atoms with E-state index in [1.54, 1.807) is 20.8 Å². The van der Waals surface area contributed by atoms with Gasteiger partial charge >= 0.3 is 35.7 Å². The maximum atomic E-state index is 11.5. The second kappa shape index (κ2) is 9.46. The first-order valence-electron chi connectivity index (χ1n) is 5.45. The van der Waals surface area contributed by atoms with Crippen molar-refractivity contribution in [3.05, 3.63) is 0 Å². The third kappa shape index (κ3) is 14.7. The number of hydrogen-bond acceptors (Lipinski definition) is 6. The van der Waals surface area contributed by atoms with Gasteiger partial charge in [0.15, 0.2) is 0 Å². The number of thioether (sulfide) groups is 1. The predicted octanol–water partition coefficient (Wildman–Crippen LogP) is -1.82. The molecule has 0 heterocycles. The zero-order valence-electron chi connectivity index (χ0n) is 12.1. The molecule has 0 rings (SSSR count). The summed E-state index contributed by atoms with van der Waals surface area (Å²) in [6, 6.07) is -0.713. The summed E-state index contributed by atoms with van der Waals surface area (Å²) in [4.78, 5) is 11.5. The Kier molecular flexibility index (Phi) is 10.9. The molecule has 0 aliphatic heterocycles. The molecule has 0 radical (unpaired) electrons. The molecule has 0 bridgehead atoms. The van der Waals surface area contributed by atoms with Crippen LogP contribution in [-0.4, -0.2) is 48.5 Å². The molecule has 0 saturated carbocycles. The second-order valence-electron chi connectivity index (χ2n) is 4.85. The monoisotopic (exact) mass is 321 g/mol. The van der Waals surface area contributed by atoms with Crippen LogP contribution in [0.4, 0.5) is 4.79 Å². The summed E-state index contributed by atoms with van der Waals surface area (Å²) >= 11 is 1.51. The van der Waals surface area contributed by atoms with E-state index in [9.17, 15) is 17.8 Å². The van der Waals surface area contributed by atoms with Gasteiger partial charge in [-0.2, -0.15) is 11.8 Å². The number of rotatable bonds is 6. The molecule has 6 nitrogen and oxygen atoms in total. The third-order valence-electron chi connectivity index (χ3n) is 1.80. The SMILES string of the molecule is CSCC[C@@H](CS(=O)(=O)[O-])NC(=O)OC(C)(C)C.[Na+]. The molecular weight excluding hydrogens is 301 g/mol. The van der Waals surface area contributed by atoms with Crippen molar-refractivity contribution in [3.63, 3.8) is 0 Å². The minimum atomic E-state index is -4.37. The van der Waals surface area contributed by atoms with Crippen molar-refractivity contribution < 1.29 is 52.1 Å². The molecule has 0 aromatic heterocycles. The molecule has 0 unspecified atom stereocenters. The Morgan fingerprint density at radius 2 is 1.95 bits per heavy atom. The maximum Gasteiger partial charge on any atom is 1.00 e. The fraction of sp³-hybridized carbons (Fsp3) is 0.900. The van der Waals surface area contributed by atoms with Gasteiger partial charge in [0, 0.05) is 6.04 Å². The summed E-state index contributed by atoms with van der Waals surface area (Å²) in [5.74, 6) is 0.0305. The normalized spacial score (nSPS) is 13.3. The van der Waals surface area contributed by atoms with Crippen LogP contribution < -0.4 is 34.9 Å². The number of carbonyl (C=O) groups excluding carboxylic acids is 1. The average molecular weight is 321 g/mol. The quantitative estimate of drug-likeness (QED) is 0.457. The van der Waals surface area contributed by atoms with Crippen LogP contribution in [0.3, 0.4) is 0 Å². The first-order chi connectivity index (χ1) is 8.03. The summed E-state index contributed by atoms with van der Waals surface area (Å²) in [5, 5.41) is 2.41. The molecule has 9 heteroatoms. The first kappa shape index (κ1) is 21.8. The zero-order valence-corrected chi connectivity index (χ0v) is 15.7. The van der Waals surface area contributed by atoms with E-state index >= 15 is 0 Å². The van der Waals surface area contributed by atoms with E-state index in [-0.39, 0.29) is 29.6 Å². The van der Waals surface area contributed by atoms with Gasteiger partial charge in [-0.1, -0.05) is 0 Å². The molecule has 1 atom stereocenters. The van der Waals surface area contributed by atoms with Crippen molar-refractivity contribution in [1.82, 2.24) is 5.32 Å². The Bertz CT molecular complexity index is 367. The minimum absolute atomic E-state index is 0. The predicted molar refractivity (Wildman–Crippen MR) is 70.7 cm³/mol. The van der Waals surface area contributed by atoms with Crippen LogP contribution in [-0.2, 0) is 14.9 Å². The smallest absolute Gasteiger partial charge is 0.748 e. The largest absolute Gasteiger partial charge is 1.00 e. The number of ether oxygens (including phenoxy) is 1. The standard InChI is InChI=1S/C10H21NO5S2.Na/c1-10(2,3)16-9(12)11-8(5-6-17-4)7-18(13,14)15;/h8H,5-7H2,1-4H3,(H,11,12)(H,13,14,15);/q;+1/p-1/t8-;/m0./s1. The van der Waals surface area contributed by atoms with E-state index in [1.165, 1.54) is 11.8 Å². The number of carbonyl (C=O) groups is 1. The molecule has 0 fully saturated rings. The van der Waals surface area contributed by atoms with Crippen molar-refractivity contribution in [1.29, 1.82) is 0 Å². The van der Waals surface area contributed by atoms with Gasteiger partial charge in [0.2, 0.25) is 0 Å². The van der Waals surface area contributed by atoms with Gasteiger partial charge in [-0.3, -0.25) is 0 Å². The molecular formula is C10H20NNaO5S2. The van der Waals surface area contributed by atoms with Crippen molar-refractivity contribution in [2.75, 3.05) is 17.8 Å². The third-order valence-corrected chi connectivity index (χ3v) is 3.25. The topological polar surface area (TPSA) is 95.5 Å². The van der Waals surface area contributed by atoms with E-state index < -0.39 is 33.6 Å². The summed E-state index contributed by atoms with van der Waals surface area (Å²) < 4.78 is 37.2. The molecule has 0 aromatic rings. The van der Waals surface area contributed by atoms with Crippen molar-refractivity contribution in [2.24, 2.45) is 0 Å². The van der Waals surface area contributed by atoms with Crippen molar-refractivity contribution in [3.8, 4) is 0 Å². The Hall–Kier alpha value is 0.530. The Balaban J connectivity index is 0. The Morgan fingerprint density at radius 1 is 1.42 bits per heavy atom. The van der Waals surface area contributed by atoms with E-state index in [0.29, 0.717) is 12.2 Å². The van der Waals surface area contributed by atoms with Gasteiger partial charge in [0.1, 0.15) is 5.60 Å². The number of alkyl carbamates (subject to hydrolysis) is 1. The van der Waals surface area contributed by atoms with E-state index in [2.05, 4.69) is 5.32 Å². The fourth-order valence-electron chi connectivity index (χ4n) is 1.18. The summed E-state index contributed by atoms with van der Waals surface area (Å²) in [6.45, 7) is 5.11. The molecule has 0 aromatic carbocycles. The summed E-state index contributed by atoms with van der Waals surface area (Å²) in [6.07, 6.45) is 1.55. The molecule has 0 saturated heterocycles. The molecule has 1 amide bonds. The fourth-order valence-corrected chi connectivity index (χ4v) is 2.44. The van der Waals surface area contributed by atoms with Crippen LogP contribution in [0.15, 0.2) is 0 Å². The minimum Gasteiger partial charge on any atom is -0.748 e. The van der Waals surface area contributed by atoms with E-state index in [0.717, 1.165) is 0 Å². The van der Waals surface area contributed by atoms with Gasteiger partial charge in [-0.15, -0.1) is 0 Å².